The molecular formula is C15H20N4O. The molecule has 5 heteroatoms. The van der Waals surface area contributed by atoms with E-state index >= 15 is 0 Å². The van der Waals surface area contributed by atoms with Gasteiger partial charge in [-0.15, -0.1) is 0 Å². The smallest absolute Gasteiger partial charge is 0.270 e. The van der Waals surface area contributed by atoms with Gasteiger partial charge in [-0.25, -0.2) is 0 Å². The summed E-state index contributed by atoms with van der Waals surface area (Å²) in [4.78, 5) is 18.4. The van der Waals surface area contributed by atoms with E-state index in [4.69, 9.17) is 5.73 Å². The standard InChI is InChI=1S/C15H20N4O/c1-19(2)9-3-7-18-15(20)14-13-5-4-12(16)10-11(13)6-8-17-14/h4-6,8,10H,3,7,9,16H2,1-2H3,(H,18,20). The lowest BCUT2D eigenvalue weighted by atomic mass is 10.1. The van der Waals surface area contributed by atoms with Crippen LogP contribution in [0, 0.1) is 0 Å². The second-order valence-electron chi connectivity index (χ2n) is 5.05. The second-order valence-corrected chi connectivity index (χ2v) is 5.05. The van der Waals surface area contributed by atoms with Crippen LogP contribution in [0.3, 0.4) is 0 Å². The molecule has 2 rings (SSSR count). The van der Waals surface area contributed by atoms with Crippen LogP contribution in [0.4, 0.5) is 5.69 Å². The molecular weight excluding hydrogens is 252 g/mol. The molecule has 20 heavy (non-hydrogen) atoms. The predicted molar refractivity (Wildman–Crippen MR) is 81.7 cm³/mol. The van der Waals surface area contributed by atoms with Crippen molar-refractivity contribution in [2.45, 2.75) is 6.42 Å². The highest BCUT2D eigenvalue weighted by atomic mass is 16.1. The van der Waals surface area contributed by atoms with E-state index in [9.17, 15) is 4.79 Å². The summed E-state index contributed by atoms with van der Waals surface area (Å²) in [6.45, 7) is 1.59. The Bertz CT molecular complexity index is 610. The first-order valence-electron chi connectivity index (χ1n) is 6.65. The number of nitrogens with one attached hydrogen (secondary N) is 1. The number of nitrogens with two attached hydrogens (primary N) is 1. The predicted octanol–water partition coefficient (Wildman–Crippen LogP) is 1.50. The highest BCUT2D eigenvalue weighted by Gasteiger charge is 2.11. The van der Waals surface area contributed by atoms with Crippen LogP contribution in [-0.4, -0.2) is 43.0 Å². The van der Waals surface area contributed by atoms with Crippen molar-refractivity contribution in [1.82, 2.24) is 15.2 Å². The molecule has 0 aliphatic carbocycles. The van der Waals surface area contributed by atoms with E-state index in [2.05, 4.69) is 15.2 Å². The minimum Gasteiger partial charge on any atom is -0.399 e. The molecule has 3 N–H and O–H groups in total. The van der Waals surface area contributed by atoms with E-state index in [0.29, 0.717) is 17.9 Å². The quantitative estimate of drug-likeness (QED) is 0.639. The average molecular weight is 272 g/mol. The first-order valence-corrected chi connectivity index (χ1v) is 6.65. The minimum atomic E-state index is -0.140. The zero-order chi connectivity index (χ0) is 14.5. The number of anilines is 1. The summed E-state index contributed by atoms with van der Waals surface area (Å²) in [6.07, 6.45) is 2.55. The Balaban J connectivity index is 2.10. The van der Waals surface area contributed by atoms with Crippen LogP contribution in [0.15, 0.2) is 30.5 Å². The molecule has 0 atom stereocenters. The number of nitrogens with zero attached hydrogens (tertiary/aromatic N) is 2. The Kier molecular flexibility index (Phi) is 4.53. The van der Waals surface area contributed by atoms with Crippen molar-refractivity contribution in [2.75, 3.05) is 32.9 Å². The zero-order valence-corrected chi connectivity index (χ0v) is 11.9. The number of rotatable bonds is 5. The van der Waals surface area contributed by atoms with E-state index < -0.39 is 0 Å². The molecule has 1 amide bonds. The van der Waals surface area contributed by atoms with E-state index in [1.807, 2.05) is 32.3 Å². The maximum atomic E-state index is 12.2. The van der Waals surface area contributed by atoms with Gasteiger partial charge in [0.1, 0.15) is 5.69 Å². The van der Waals surface area contributed by atoms with Crippen molar-refractivity contribution in [3.63, 3.8) is 0 Å². The van der Waals surface area contributed by atoms with Crippen molar-refractivity contribution in [1.29, 1.82) is 0 Å². The topological polar surface area (TPSA) is 71.2 Å². The van der Waals surface area contributed by atoms with Gasteiger partial charge in [0.2, 0.25) is 0 Å². The fourth-order valence-corrected chi connectivity index (χ4v) is 2.06. The van der Waals surface area contributed by atoms with Gasteiger partial charge in [-0.3, -0.25) is 9.78 Å². The van der Waals surface area contributed by atoms with E-state index in [1.165, 1.54) is 0 Å². The van der Waals surface area contributed by atoms with E-state index in [-0.39, 0.29) is 5.91 Å². The van der Waals surface area contributed by atoms with Crippen LogP contribution >= 0.6 is 0 Å². The molecule has 1 aromatic carbocycles. The number of carbonyl (C=O) groups excluding carboxylic acids is 1. The molecule has 1 aromatic heterocycles. The number of pyridine rings is 1. The lowest BCUT2D eigenvalue weighted by Crippen LogP contribution is -2.27. The van der Waals surface area contributed by atoms with Gasteiger partial charge in [0.05, 0.1) is 0 Å². The van der Waals surface area contributed by atoms with E-state index in [0.717, 1.165) is 23.7 Å². The average Bonchev–Trinajstić information content (AvgIpc) is 2.42. The second kappa shape index (κ2) is 6.34. The summed E-state index contributed by atoms with van der Waals surface area (Å²) in [5, 5.41) is 4.66. The van der Waals surface area contributed by atoms with Crippen LogP contribution < -0.4 is 11.1 Å². The van der Waals surface area contributed by atoms with Crippen molar-refractivity contribution >= 4 is 22.4 Å². The number of carbonyl (C=O) groups is 1. The largest absolute Gasteiger partial charge is 0.399 e. The maximum absolute atomic E-state index is 12.2. The molecule has 106 valence electrons. The van der Waals surface area contributed by atoms with Gasteiger partial charge in [-0.05, 0) is 56.7 Å². The number of fused-ring (bicyclic) bond motifs is 1. The molecule has 0 radical (unpaired) electrons. The molecule has 2 aromatic rings. The van der Waals surface area contributed by atoms with Gasteiger partial charge < -0.3 is 16.0 Å². The molecule has 0 spiro atoms. The Hall–Kier alpha value is -2.14. The van der Waals surface area contributed by atoms with Crippen LogP contribution in [0.2, 0.25) is 0 Å². The summed E-state index contributed by atoms with van der Waals surface area (Å²) in [6, 6.07) is 7.33. The third kappa shape index (κ3) is 3.45. The fourth-order valence-electron chi connectivity index (χ4n) is 2.06. The van der Waals surface area contributed by atoms with Gasteiger partial charge in [0, 0.05) is 23.8 Å². The fraction of sp³-hybridized carbons (Fsp3) is 0.333. The number of amides is 1. The minimum absolute atomic E-state index is 0.140. The Morgan fingerprint density at radius 1 is 1.35 bits per heavy atom. The lowest BCUT2D eigenvalue weighted by molar-refractivity contribution is 0.0949. The molecule has 0 aliphatic heterocycles. The van der Waals surface area contributed by atoms with Crippen molar-refractivity contribution in [3.8, 4) is 0 Å². The first-order chi connectivity index (χ1) is 9.58. The third-order valence-electron chi connectivity index (χ3n) is 3.07. The first kappa shape index (κ1) is 14.3. The number of aromatic nitrogens is 1. The number of hydrogen-bond acceptors (Lipinski definition) is 4. The van der Waals surface area contributed by atoms with Crippen LogP contribution in [0.5, 0.6) is 0 Å². The molecule has 0 fully saturated rings. The van der Waals surface area contributed by atoms with Crippen molar-refractivity contribution in [2.24, 2.45) is 0 Å². The van der Waals surface area contributed by atoms with Gasteiger partial charge in [0.25, 0.3) is 5.91 Å². The van der Waals surface area contributed by atoms with Gasteiger partial charge >= 0.3 is 0 Å². The third-order valence-corrected chi connectivity index (χ3v) is 3.07. The normalized spacial score (nSPS) is 10.9. The zero-order valence-electron chi connectivity index (χ0n) is 11.9. The monoisotopic (exact) mass is 272 g/mol. The summed E-state index contributed by atoms with van der Waals surface area (Å²) in [5.41, 5.74) is 6.88. The highest BCUT2D eigenvalue weighted by molar-refractivity contribution is 6.05. The van der Waals surface area contributed by atoms with Crippen LogP contribution in [-0.2, 0) is 0 Å². The number of hydrogen-bond donors (Lipinski definition) is 2. The van der Waals surface area contributed by atoms with Gasteiger partial charge in [0.15, 0.2) is 0 Å². The van der Waals surface area contributed by atoms with E-state index in [1.54, 1.807) is 12.3 Å². The van der Waals surface area contributed by atoms with Crippen molar-refractivity contribution in [3.05, 3.63) is 36.2 Å². The lowest BCUT2D eigenvalue weighted by Gasteiger charge is -2.10. The summed E-state index contributed by atoms with van der Waals surface area (Å²) in [7, 11) is 4.02. The Morgan fingerprint density at radius 3 is 2.90 bits per heavy atom. The maximum Gasteiger partial charge on any atom is 0.270 e. The molecule has 5 nitrogen and oxygen atoms in total. The molecule has 0 bridgehead atoms. The highest BCUT2D eigenvalue weighted by Crippen LogP contribution is 2.19. The Labute approximate surface area is 118 Å². The summed E-state index contributed by atoms with van der Waals surface area (Å²) in [5.74, 6) is -0.140. The Morgan fingerprint density at radius 2 is 2.15 bits per heavy atom. The van der Waals surface area contributed by atoms with Gasteiger partial charge in [-0.1, -0.05) is 0 Å². The molecule has 0 unspecified atom stereocenters. The number of nitrogen functional groups attached to an aromatic ring is 1. The van der Waals surface area contributed by atoms with Crippen LogP contribution in [0.25, 0.3) is 10.8 Å². The number of benzene rings is 1. The molecule has 0 aliphatic rings. The summed E-state index contributed by atoms with van der Waals surface area (Å²) < 4.78 is 0. The molecule has 0 saturated heterocycles. The van der Waals surface area contributed by atoms with Gasteiger partial charge in [-0.2, -0.15) is 0 Å². The molecule has 1 heterocycles. The van der Waals surface area contributed by atoms with Crippen LogP contribution in [0.1, 0.15) is 16.9 Å². The molecule has 0 saturated carbocycles. The van der Waals surface area contributed by atoms with Crippen molar-refractivity contribution < 1.29 is 4.79 Å². The summed E-state index contributed by atoms with van der Waals surface area (Å²) >= 11 is 0. The SMILES string of the molecule is CN(C)CCCNC(=O)c1nccc2cc(N)ccc12.